The Morgan fingerprint density at radius 1 is 1.75 bits per heavy atom. The van der Waals surface area contributed by atoms with Crippen molar-refractivity contribution in [3.05, 3.63) is 0 Å². The van der Waals surface area contributed by atoms with E-state index in [-0.39, 0.29) is 13.2 Å². The maximum atomic E-state index is 11.3. The Balaban J connectivity index is 2.78. The molecule has 0 aromatic carbocycles. The van der Waals surface area contributed by atoms with Gasteiger partial charge in [0.05, 0.1) is 6.61 Å². The van der Waals surface area contributed by atoms with Gasteiger partial charge in [-0.05, 0) is 6.92 Å². The number of amidine groups is 1. The maximum Gasteiger partial charge on any atom is 0.364 e. The fourth-order valence-electron chi connectivity index (χ4n) is 1.20. The van der Waals surface area contributed by atoms with E-state index in [0.29, 0.717) is 6.54 Å². The molecule has 0 spiro atoms. The van der Waals surface area contributed by atoms with Gasteiger partial charge in [0.25, 0.3) is 0 Å². The van der Waals surface area contributed by atoms with E-state index < -0.39 is 23.5 Å². The molecular weight excluding hydrogens is 216 g/mol. The van der Waals surface area contributed by atoms with Gasteiger partial charge in [-0.1, -0.05) is 5.16 Å². The molecule has 1 aliphatic heterocycles. The molecule has 0 aliphatic carbocycles. The molecule has 2 amide bonds. The van der Waals surface area contributed by atoms with E-state index in [4.69, 9.17) is 10.6 Å². The standard InChI is InChI=1S/C8H12N4O4/c1-2-16-7(13)5(11-15)6(9)12-4-3-10-8(12)14/h9,15H,2-4H2,1H3,(H,10,14)/b9-6?,11-5+. The Hall–Kier alpha value is -2.12. The second-order valence-corrected chi connectivity index (χ2v) is 2.90. The van der Waals surface area contributed by atoms with Gasteiger partial charge in [0.1, 0.15) is 0 Å². The molecule has 8 nitrogen and oxygen atoms in total. The minimum atomic E-state index is -0.935. The lowest BCUT2D eigenvalue weighted by Crippen LogP contribution is -2.42. The van der Waals surface area contributed by atoms with Crippen LogP contribution in [0.4, 0.5) is 4.79 Å². The van der Waals surface area contributed by atoms with Gasteiger partial charge in [0, 0.05) is 13.1 Å². The third-order valence-corrected chi connectivity index (χ3v) is 1.92. The predicted octanol–water partition coefficient (Wildman–Crippen LogP) is -0.618. The summed E-state index contributed by atoms with van der Waals surface area (Å²) >= 11 is 0. The number of oxime groups is 1. The molecule has 0 saturated carbocycles. The maximum absolute atomic E-state index is 11.3. The van der Waals surface area contributed by atoms with Crippen LogP contribution in [-0.4, -0.2) is 53.4 Å². The van der Waals surface area contributed by atoms with Crippen molar-refractivity contribution >= 4 is 23.5 Å². The van der Waals surface area contributed by atoms with Crippen molar-refractivity contribution in [2.75, 3.05) is 19.7 Å². The van der Waals surface area contributed by atoms with Gasteiger partial charge in [-0.2, -0.15) is 0 Å². The van der Waals surface area contributed by atoms with E-state index >= 15 is 0 Å². The first-order valence-corrected chi connectivity index (χ1v) is 4.65. The molecule has 0 unspecified atom stereocenters. The highest BCUT2D eigenvalue weighted by Crippen LogP contribution is 2.01. The number of ether oxygens (including phenoxy) is 1. The average Bonchev–Trinajstić information content (AvgIpc) is 2.65. The van der Waals surface area contributed by atoms with Crippen molar-refractivity contribution in [2.45, 2.75) is 6.92 Å². The first-order valence-electron chi connectivity index (χ1n) is 4.65. The number of carbonyl (C=O) groups excluding carboxylic acids is 2. The van der Waals surface area contributed by atoms with Crippen molar-refractivity contribution in [3.8, 4) is 0 Å². The smallest absolute Gasteiger partial charge is 0.364 e. The Bertz CT molecular complexity index is 352. The van der Waals surface area contributed by atoms with Crippen LogP contribution in [0.25, 0.3) is 0 Å². The van der Waals surface area contributed by atoms with Crippen LogP contribution in [0.1, 0.15) is 6.92 Å². The molecule has 0 atom stereocenters. The Morgan fingerprint density at radius 2 is 2.44 bits per heavy atom. The van der Waals surface area contributed by atoms with Crippen LogP contribution in [-0.2, 0) is 9.53 Å². The molecule has 88 valence electrons. The summed E-state index contributed by atoms with van der Waals surface area (Å²) in [5, 5.41) is 21.3. The first kappa shape index (κ1) is 12.0. The number of nitrogens with zero attached hydrogens (tertiary/aromatic N) is 2. The lowest BCUT2D eigenvalue weighted by atomic mass is 10.3. The van der Waals surface area contributed by atoms with E-state index in [9.17, 15) is 9.59 Å². The van der Waals surface area contributed by atoms with Crippen LogP contribution < -0.4 is 5.32 Å². The summed E-state index contributed by atoms with van der Waals surface area (Å²) in [5.74, 6) is -1.41. The fourth-order valence-corrected chi connectivity index (χ4v) is 1.20. The minimum Gasteiger partial charge on any atom is -0.461 e. The van der Waals surface area contributed by atoms with E-state index in [1.165, 1.54) is 0 Å². The predicted molar refractivity (Wildman–Crippen MR) is 53.7 cm³/mol. The number of rotatable bonds is 3. The van der Waals surface area contributed by atoms with Crippen LogP contribution in [0.15, 0.2) is 5.16 Å². The first-order chi connectivity index (χ1) is 7.61. The van der Waals surface area contributed by atoms with E-state index in [1.807, 2.05) is 0 Å². The summed E-state index contributed by atoms with van der Waals surface area (Å²) in [7, 11) is 0. The van der Waals surface area contributed by atoms with Crippen LogP contribution in [0.5, 0.6) is 0 Å². The molecule has 1 saturated heterocycles. The normalized spacial score (nSPS) is 15.9. The Morgan fingerprint density at radius 3 is 2.88 bits per heavy atom. The summed E-state index contributed by atoms with van der Waals surface area (Å²) in [4.78, 5) is 23.5. The minimum absolute atomic E-state index is 0.0946. The summed E-state index contributed by atoms with van der Waals surface area (Å²) < 4.78 is 4.58. The second kappa shape index (κ2) is 5.10. The molecule has 0 aromatic rings. The lowest BCUT2D eigenvalue weighted by Gasteiger charge is -2.14. The highest BCUT2D eigenvalue weighted by atomic mass is 16.5. The largest absolute Gasteiger partial charge is 0.461 e. The van der Waals surface area contributed by atoms with Crippen molar-refractivity contribution in [3.63, 3.8) is 0 Å². The zero-order valence-corrected chi connectivity index (χ0v) is 8.69. The van der Waals surface area contributed by atoms with E-state index in [0.717, 1.165) is 4.90 Å². The summed E-state index contributed by atoms with van der Waals surface area (Å²) in [5.41, 5.74) is -0.584. The monoisotopic (exact) mass is 228 g/mol. The number of nitrogens with one attached hydrogen (secondary N) is 2. The zero-order chi connectivity index (χ0) is 12.1. The molecule has 0 bridgehead atoms. The third-order valence-electron chi connectivity index (χ3n) is 1.92. The summed E-state index contributed by atoms with van der Waals surface area (Å²) in [6.07, 6.45) is 0. The lowest BCUT2D eigenvalue weighted by molar-refractivity contribution is -0.134. The molecule has 16 heavy (non-hydrogen) atoms. The van der Waals surface area contributed by atoms with Crippen LogP contribution in [0.2, 0.25) is 0 Å². The van der Waals surface area contributed by atoms with Crippen LogP contribution >= 0.6 is 0 Å². The number of amides is 2. The number of hydrogen-bond acceptors (Lipinski definition) is 6. The molecule has 0 radical (unpaired) electrons. The van der Waals surface area contributed by atoms with Gasteiger partial charge in [0.15, 0.2) is 5.84 Å². The quantitative estimate of drug-likeness (QED) is 0.196. The van der Waals surface area contributed by atoms with Crippen LogP contribution in [0.3, 0.4) is 0 Å². The van der Waals surface area contributed by atoms with Gasteiger partial charge in [-0.15, -0.1) is 0 Å². The third kappa shape index (κ3) is 2.27. The second-order valence-electron chi connectivity index (χ2n) is 2.90. The molecular formula is C8H12N4O4. The number of urea groups is 1. The molecule has 1 fully saturated rings. The van der Waals surface area contributed by atoms with Gasteiger partial charge < -0.3 is 15.3 Å². The van der Waals surface area contributed by atoms with E-state index in [2.05, 4.69) is 15.2 Å². The SMILES string of the molecule is CCOC(=O)/C(=N/O)C(=N)N1CCNC1=O. The van der Waals surface area contributed by atoms with Crippen molar-refractivity contribution in [2.24, 2.45) is 5.16 Å². The fraction of sp³-hybridized carbons (Fsp3) is 0.500. The summed E-state index contributed by atoms with van der Waals surface area (Å²) in [6.45, 7) is 2.30. The summed E-state index contributed by atoms with van der Waals surface area (Å²) in [6, 6.07) is -0.504. The Kier molecular flexibility index (Phi) is 3.81. The van der Waals surface area contributed by atoms with Crippen LogP contribution in [0, 0.1) is 5.41 Å². The van der Waals surface area contributed by atoms with Crippen molar-refractivity contribution < 1.29 is 19.5 Å². The Labute approximate surface area is 91.4 Å². The highest BCUT2D eigenvalue weighted by Gasteiger charge is 2.31. The molecule has 8 heteroatoms. The average molecular weight is 228 g/mol. The number of esters is 1. The van der Waals surface area contributed by atoms with Gasteiger partial charge >= 0.3 is 12.0 Å². The molecule has 0 aromatic heterocycles. The molecule has 3 N–H and O–H groups in total. The zero-order valence-electron chi connectivity index (χ0n) is 8.69. The topological polar surface area (TPSA) is 115 Å². The highest BCUT2D eigenvalue weighted by molar-refractivity contribution is 6.65. The number of carbonyl (C=O) groups is 2. The van der Waals surface area contributed by atoms with Gasteiger partial charge in [0.2, 0.25) is 5.71 Å². The van der Waals surface area contributed by atoms with Crippen molar-refractivity contribution in [1.29, 1.82) is 5.41 Å². The molecule has 1 heterocycles. The number of hydrogen-bond donors (Lipinski definition) is 3. The molecule has 1 aliphatic rings. The molecule has 1 rings (SSSR count). The van der Waals surface area contributed by atoms with Gasteiger partial charge in [-0.25, -0.2) is 9.59 Å². The van der Waals surface area contributed by atoms with Crippen molar-refractivity contribution in [1.82, 2.24) is 10.2 Å². The van der Waals surface area contributed by atoms with Gasteiger partial charge in [-0.3, -0.25) is 10.3 Å². The van der Waals surface area contributed by atoms with E-state index in [1.54, 1.807) is 6.92 Å².